The number of rotatable bonds is 1. The van der Waals surface area contributed by atoms with E-state index in [0.717, 1.165) is 6.07 Å². The predicted octanol–water partition coefficient (Wildman–Crippen LogP) is 3.01. The highest BCUT2D eigenvalue weighted by Gasteiger charge is 2.24. The first-order valence-corrected chi connectivity index (χ1v) is 7.06. The molecule has 2 N–H and O–H groups in total. The first kappa shape index (κ1) is 13.9. The maximum Gasteiger partial charge on any atom is 0.235 e. The van der Waals surface area contributed by atoms with Crippen LogP contribution in [0.4, 0.5) is 14.5 Å². The van der Waals surface area contributed by atoms with Crippen LogP contribution in [0.2, 0.25) is 0 Å². The Morgan fingerprint density at radius 2 is 1.86 bits per heavy atom. The van der Waals surface area contributed by atoms with Crippen molar-refractivity contribution in [3.63, 3.8) is 0 Å². The summed E-state index contributed by atoms with van der Waals surface area (Å²) in [7, 11) is 0. The van der Waals surface area contributed by atoms with Crippen molar-refractivity contribution in [2.24, 2.45) is 0 Å². The van der Waals surface area contributed by atoms with Crippen LogP contribution in [0, 0.1) is 11.6 Å². The van der Waals surface area contributed by atoms with Gasteiger partial charge in [0.2, 0.25) is 4.96 Å². The van der Waals surface area contributed by atoms with Gasteiger partial charge in [-0.1, -0.05) is 32.1 Å². The number of hydrogen-bond acceptors (Lipinski definition) is 5. The molecule has 1 aromatic carbocycles. The summed E-state index contributed by atoms with van der Waals surface area (Å²) in [5.74, 6) is -0.811. The average Bonchev–Trinajstić information content (AvgIpc) is 2.91. The first-order valence-electron chi connectivity index (χ1n) is 6.25. The van der Waals surface area contributed by atoms with Gasteiger partial charge in [0.05, 0.1) is 11.3 Å². The second-order valence-electron chi connectivity index (χ2n) is 5.73. The summed E-state index contributed by atoms with van der Waals surface area (Å²) in [5, 5.41) is 12.9. The van der Waals surface area contributed by atoms with Gasteiger partial charge in [0.15, 0.2) is 10.8 Å². The highest BCUT2D eigenvalue weighted by atomic mass is 32.1. The Morgan fingerprint density at radius 3 is 2.52 bits per heavy atom. The average molecular weight is 309 g/mol. The topological polar surface area (TPSA) is 69.1 Å². The van der Waals surface area contributed by atoms with Crippen molar-refractivity contribution in [1.29, 1.82) is 0 Å². The maximum atomic E-state index is 13.9. The van der Waals surface area contributed by atoms with Gasteiger partial charge in [-0.15, -0.1) is 10.2 Å². The number of nitrogens with zero attached hydrogens (tertiary/aromatic N) is 4. The lowest BCUT2D eigenvalue weighted by molar-refractivity contribution is 0.528. The third kappa shape index (κ3) is 2.25. The molecule has 0 saturated heterocycles. The third-order valence-electron chi connectivity index (χ3n) is 2.98. The molecule has 3 aromatic rings. The van der Waals surface area contributed by atoms with Crippen LogP contribution in [0.5, 0.6) is 0 Å². The van der Waals surface area contributed by atoms with Crippen LogP contribution in [0.15, 0.2) is 12.1 Å². The van der Waals surface area contributed by atoms with Crippen LogP contribution in [0.3, 0.4) is 0 Å². The zero-order valence-corrected chi connectivity index (χ0v) is 12.5. The van der Waals surface area contributed by atoms with Crippen molar-refractivity contribution in [2.45, 2.75) is 26.2 Å². The maximum absolute atomic E-state index is 13.9. The van der Waals surface area contributed by atoms with E-state index < -0.39 is 11.6 Å². The fourth-order valence-corrected chi connectivity index (χ4v) is 2.78. The second kappa shape index (κ2) is 4.45. The molecule has 0 aliphatic rings. The molecule has 0 saturated carbocycles. The minimum Gasteiger partial charge on any atom is -0.396 e. The molecule has 0 aliphatic carbocycles. The molecular weight excluding hydrogens is 296 g/mol. The highest BCUT2D eigenvalue weighted by Crippen LogP contribution is 2.32. The number of halogens is 2. The van der Waals surface area contributed by atoms with Gasteiger partial charge >= 0.3 is 0 Å². The van der Waals surface area contributed by atoms with E-state index >= 15 is 0 Å². The fourth-order valence-electron chi connectivity index (χ4n) is 1.92. The molecule has 0 radical (unpaired) electrons. The van der Waals surface area contributed by atoms with E-state index in [-0.39, 0.29) is 16.7 Å². The van der Waals surface area contributed by atoms with E-state index in [0.29, 0.717) is 15.8 Å². The van der Waals surface area contributed by atoms with E-state index in [1.165, 1.54) is 17.4 Å². The van der Waals surface area contributed by atoms with Crippen LogP contribution in [-0.2, 0) is 5.41 Å². The zero-order valence-electron chi connectivity index (χ0n) is 11.7. The molecule has 110 valence electrons. The lowest BCUT2D eigenvalue weighted by Gasteiger charge is -2.13. The van der Waals surface area contributed by atoms with Crippen molar-refractivity contribution in [1.82, 2.24) is 19.8 Å². The fraction of sp³-hybridized carbons (Fsp3) is 0.308. The largest absolute Gasteiger partial charge is 0.396 e. The van der Waals surface area contributed by atoms with E-state index in [9.17, 15) is 8.78 Å². The lowest BCUT2D eigenvalue weighted by Crippen LogP contribution is -2.16. The summed E-state index contributed by atoms with van der Waals surface area (Å²) in [6.45, 7) is 5.96. The number of nitrogens with two attached hydrogens (primary N) is 1. The minimum absolute atomic E-state index is 0.117. The molecule has 0 unspecified atom stereocenters. The molecule has 5 nitrogen and oxygen atoms in total. The van der Waals surface area contributed by atoms with Crippen LogP contribution < -0.4 is 5.73 Å². The van der Waals surface area contributed by atoms with Gasteiger partial charge in [-0.05, 0) is 6.07 Å². The number of aromatic nitrogens is 4. The molecule has 0 aliphatic heterocycles. The van der Waals surface area contributed by atoms with Gasteiger partial charge in [0.1, 0.15) is 11.6 Å². The van der Waals surface area contributed by atoms with Gasteiger partial charge in [0, 0.05) is 11.5 Å². The number of fused-ring (bicyclic) bond motifs is 1. The van der Waals surface area contributed by atoms with Gasteiger partial charge in [-0.3, -0.25) is 0 Å². The SMILES string of the molecule is CC(C)(C)c1nnc2sc(-c3cc(N)c(F)cc3F)nn12. The normalized spacial score (nSPS) is 12.2. The summed E-state index contributed by atoms with van der Waals surface area (Å²) in [5.41, 5.74) is 5.29. The summed E-state index contributed by atoms with van der Waals surface area (Å²) in [6, 6.07) is 2.00. The Balaban J connectivity index is 2.19. The molecule has 0 fully saturated rings. The molecule has 0 amide bonds. The quantitative estimate of drug-likeness (QED) is 0.702. The van der Waals surface area contributed by atoms with Crippen molar-refractivity contribution in [2.75, 3.05) is 5.73 Å². The Morgan fingerprint density at radius 1 is 1.14 bits per heavy atom. The molecule has 0 atom stereocenters. The minimum atomic E-state index is -0.783. The van der Waals surface area contributed by atoms with Gasteiger partial charge < -0.3 is 5.73 Å². The van der Waals surface area contributed by atoms with Crippen molar-refractivity contribution in [3.8, 4) is 10.6 Å². The van der Waals surface area contributed by atoms with Crippen LogP contribution in [0.25, 0.3) is 15.5 Å². The monoisotopic (exact) mass is 309 g/mol. The molecule has 8 heteroatoms. The van der Waals surface area contributed by atoms with Crippen molar-refractivity contribution < 1.29 is 8.78 Å². The molecule has 0 spiro atoms. The molecule has 21 heavy (non-hydrogen) atoms. The van der Waals surface area contributed by atoms with Crippen LogP contribution in [-0.4, -0.2) is 19.8 Å². The molecule has 0 bridgehead atoms. The van der Waals surface area contributed by atoms with E-state index in [1.54, 1.807) is 4.52 Å². The zero-order chi connectivity index (χ0) is 15.4. The Labute approximate surface area is 123 Å². The smallest absolute Gasteiger partial charge is 0.235 e. The van der Waals surface area contributed by atoms with Crippen LogP contribution >= 0.6 is 11.3 Å². The van der Waals surface area contributed by atoms with Crippen LogP contribution in [0.1, 0.15) is 26.6 Å². The Kier molecular flexibility index (Phi) is 2.94. The number of benzene rings is 1. The van der Waals surface area contributed by atoms with E-state index in [2.05, 4.69) is 15.3 Å². The first-order chi connectivity index (χ1) is 9.77. The predicted molar refractivity (Wildman–Crippen MR) is 77.1 cm³/mol. The number of hydrogen-bond donors (Lipinski definition) is 1. The Hall–Kier alpha value is -2.09. The summed E-state index contributed by atoms with van der Waals surface area (Å²) in [4.78, 5) is 0.553. The van der Waals surface area contributed by atoms with Crippen molar-refractivity contribution >= 4 is 22.0 Å². The second-order valence-corrected chi connectivity index (χ2v) is 6.68. The summed E-state index contributed by atoms with van der Waals surface area (Å²) >= 11 is 1.18. The van der Waals surface area contributed by atoms with Gasteiger partial charge in [-0.2, -0.15) is 9.61 Å². The summed E-state index contributed by atoms with van der Waals surface area (Å²) in [6.07, 6.45) is 0. The number of nitrogen functional groups attached to an aromatic ring is 1. The highest BCUT2D eigenvalue weighted by molar-refractivity contribution is 7.19. The lowest BCUT2D eigenvalue weighted by atomic mass is 9.96. The van der Waals surface area contributed by atoms with Gasteiger partial charge in [0.25, 0.3) is 0 Å². The Bertz CT molecular complexity index is 831. The number of anilines is 1. The van der Waals surface area contributed by atoms with E-state index in [1.807, 2.05) is 20.8 Å². The summed E-state index contributed by atoms with van der Waals surface area (Å²) < 4.78 is 28.7. The standard InChI is InChI=1S/C13H13F2N5S/c1-13(2,3)11-17-18-12-20(11)19-10(21-12)6-4-9(16)8(15)5-7(6)14/h4-5H,16H2,1-3H3. The molecule has 3 rings (SSSR count). The molecule has 2 heterocycles. The van der Waals surface area contributed by atoms with Gasteiger partial charge in [-0.25, -0.2) is 8.78 Å². The van der Waals surface area contributed by atoms with E-state index in [4.69, 9.17) is 5.73 Å². The molecular formula is C13H13F2N5S. The molecule has 2 aromatic heterocycles. The van der Waals surface area contributed by atoms with Crippen molar-refractivity contribution in [3.05, 3.63) is 29.6 Å². The third-order valence-corrected chi connectivity index (χ3v) is 3.91.